The first-order valence-electron chi connectivity index (χ1n) is 5.09. The molecule has 0 amide bonds. The summed E-state index contributed by atoms with van der Waals surface area (Å²) in [6.07, 6.45) is 2.72. The summed E-state index contributed by atoms with van der Waals surface area (Å²) < 4.78 is 0. The van der Waals surface area contributed by atoms with Crippen LogP contribution in [0.2, 0.25) is 0 Å². The lowest BCUT2D eigenvalue weighted by Crippen LogP contribution is -2.24. The zero-order valence-corrected chi connectivity index (χ0v) is 9.47. The van der Waals surface area contributed by atoms with Crippen LogP contribution in [0.15, 0.2) is 32.9 Å². The molecule has 0 unspecified atom stereocenters. The number of nitrogens with zero attached hydrogens (tertiary/aromatic N) is 2. The quantitative estimate of drug-likeness (QED) is 0.658. The first-order valence-corrected chi connectivity index (χ1v) is 5.09. The van der Waals surface area contributed by atoms with Crippen molar-refractivity contribution in [2.75, 3.05) is 0 Å². The third kappa shape index (κ3) is 2.34. The van der Waals surface area contributed by atoms with Gasteiger partial charge in [0, 0.05) is 12.4 Å². The summed E-state index contributed by atoms with van der Waals surface area (Å²) >= 11 is 0. The molecule has 0 aliphatic rings. The van der Waals surface area contributed by atoms with E-state index in [1.54, 1.807) is 12.3 Å². The minimum absolute atomic E-state index is 0.125. The number of nitrogens with one attached hydrogen (secondary N) is 2. The molecular weight excluding hydrogens is 236 g/mol. The molecule has 0 aliphatic carbocycles. The molecule has 3 N–H and O–H groups in total. The molecule has 2 aromatic heterocycles. The van der Waals surface area contributed by atoms with Crippen molar-refractivity contribution < 1.29 is 5.11 Å². The molecule has 0 atom stereocenters. The van der Waals surface area contributed by atoms with Gasteiger partial charge in [0.25, 0.3) is 5.56 Å². The highest BCUT2D eigenvalue weighted by atomic mass is 16.3. The highest BCUT2D eigenvalue weighted by Gasteiger charge is 2.05. The summed E-state index contributed by atoms with van der Waals surface area (Å²) in [5.74, 6) is -0.0939. The lowest BCUT2D eigenvalue weighted by Gasteiger charge is -1.98. The smallest absolute Gasteiger partial charge is 0.328 e. The van der Waals surface area contributed by atoms with Crippen molar-refractivity contribution in [1.29, 1.82) is 0 Å². The Morgan fingerprint density at radius 2 is 2.17 bits per heavy atom. The molecule has 7 nitrogen and oxygen atoms in total. The summed E-state index contributed by atoms with van der Waals surface area (Å²) in [7, 11) is 0. The SMILES string of the molecule is Cc1cccnc1/N=C/c1c(O)[nH]c(=O)[nH]c1=O. The Kier molecular flexibility index (Phi) is 3.05. The van der Waals surface area contributed by atoms with Crippen LogP contribution in [0.3, 0.4) is 0 Å². The average Bonchev–Trinajstić information content (AvgIpc) is 2.30. The van der Waals surface area contributed by atoms with Gasteiger partial charge in [0.2, 0.25) is 5.88 Å². The van der Waals surface area contributed by atoms with Gasteiger partial charge in [-0.2, -0.15) is 0 Å². The van der Waals surface area contributed by atoms with E-state index >= 15 is 0 Å². The zero-order chi connectivity index (χ0) is 13.1. The number of pyridine rings is 1. The second-order valence-corrected chi connectivity index (χ2v) is 3.57. The van der Waals surface area contributed by atoms with Crippen LogP contribution in [0.25, 0.3) is 0 Å². The molecule has 0 aliphatic heterocycles. The van der Waals surface area contributed by atoms with Crippen molar-refractivity contribution in [2.45, 2.75) is 6.92 Å². The van der Waals surface area contributed by atoms with Gasteiger partial charge in [-0.25, -0.2) is 14.8 Å². The maximum Gasteiger partial charge on any atom is 0.328 e. The minimum atomic E-state index is -0.774. The van der Waals surface area contributed by atoms with Crippen LogP contribution < -0.4 is 11.2 Å². The van der Waals surface area contributed by atoms with Crippen LogP contribution >= 0.6 is 0 Å². The Morgan fingerprint density at radius 3 is 2.83 bits per heavy atom. The number of aromatic hydroxyl groups is 1. The summed E-state index contributed by atoms with van der Waals surface area (Å²) in [6.45, 7) is 1.82. The van der Waals surface area contributed by atoms with Gasteiger partial charge < -0.3 is 5.11 Å². The number of hydrogen-bond acceptors (Lipinski definition) is 5. The summed E-state index contributed by atoms with van der Waals surface area (Å²) in [4.78, 5) is 34.3. The normalized spacial score (nSPS) is 10.9. The van der Waals surface area contributed by atoms with Gasteiger partial charge in [0.05, 0.1) is 0 Å². The fraction of sp³-hybridized carbons (Fsp3) is 0.0909. The van der Waals surface area contributed by atoms with E-state index < -0.39 is 17.1 Å². The van der Waals surface area contributed by atoms with Crippen LogP contribution in [-0.4, -0.2) is 26.3 Å². The molecule has 2 rings (SSSR count). The van der Waals surface area contributed by atoms with Gasteiger partial charge in [-0.3, -0.25) is 14.8 Å². The second-order valence-electron chi connectivity index (χ2n) is 3.57. The first-order chi connectivity index (χ1) is 8.58. The number of aromatic nitrogens is 3. The largest absolute Gasteiger partial charge is 0.494 e. The van der Waals surface area contributed by atoms with Gasteiger partial charge in [-0.1, -0.05) is 6.07 Å². The van der Waals surface area contributed by atoms with Gasteiger partial charge in [-0.05, 0) is 18.6 Å². The highest BCUT2D eigenvalue weighted by molar-refractivity contribution is 5.83. The van der Waals surface area contributed by atoms with Crippen molar-refractivity contribution >= 4 is 12.0 Å². The molecule has 0 spiro atoms. The molecule has 0 fully saturated rings. The van der Waals surface area contributed by atoms with E-state index in [1.807, 2.05) is 18.0 Å². The molecule has 0 radical (unpaired) electrons. The maximum atomic E-state index is 11.4. The lowest BCUT2D eigenvalue weighted by molar-refractivity contribution is 0.447. The summed E-state index contributed by atoms with van der Waals surface area (Å²) in [5.41, 5.74) is -0.786. The third-order valence-corrected chi connectivity index (χ3v) is 2.26. The lowest BCUT2D eigenvalue weighted by atomic mass is 10.3. The molecular formula is C11H10N4O3. The molecule has 0 aromatic carbocycles. The molecule has 2 aromatic rings. The number of aliphatic imine (C=N–C) groups is 1. The van der Waals surface area contributed by atoms with E-state index in [0.717, 1.165) is 11.8 Å². The predicted molar refractivity (Wildman–Crippen MR) is 65.6 cm³/mol. The fourth-order valence-electron chi connectivity index (χ4n) is 1.34. The Bertz CT molecular complexity index is 715. The van der Waals surface area contributed by atoms with Crippen molar-refractivity contribution in [1.82, 2.24) is 15.0 Å². The molecule has 0 saturated carbocycles. The summed E-state index contributed by atoms with van der Waals surface area (Å²) in [6, 6.07) is 3.58. The second kappa shape index (κ2) is 4.66. The van der Waals surface area contributed by atoms with Crippen LogP contribution in [0.4, 0.5) is 5.82 Å². The number of rotatable bonds is 2. The molecule has 0 saturated heterocycles. The average molecular weight is 246 g/mol. The fourth-order valence-corrected chi connectivity index (χ4v) is 1.34. The van der Waals surface area contributed by atoms with Crippen LogP contribution in [-0.2, 0) is 0 Å². The number of aromatic amines is 2. The predicted octanol–water partition coefficient (Wildman–Crippen LogP) is 0.223. The molecule has 2 heterocycles. The highest BCUT2D eigenvalue weighted by Crippen LogP contribution is 2.13. The van der Waals surface area contributed by atoms with Crippen LogP contribution in [0.1, 0.15) is 11.1 Å². The van der Waals surface area contributed by atoms with E-state index in [0.29, 0.717) is 5.82 Å². The Hall–Kier alpha value is -2.70. The minimum Gasteiger partial charge on any atom is -0.494 e. The van der Waals surface area contributed by atoms with Crippen molar-refractivity contribution in [3.05, 3.63) is 50.3 Å². The van der Waals surface area contributed by atoms with Crippen molar-refractivity contribution in [2.24, 2.45) is 4.99 Å². The van der Waals surface area contributed by atoms with E-state index in [-0.39, 0.29) is 5.56 Å². The van der Waals surface area contributed by atoms with Crippen molar-refractivity contribution in [3.63, 3.8) is 0 Å². The monoisotopic (exact) mass is 246 g/mol. The van der Waals surface area contributed by atoms with Crippen LogP contribution in [0.5, 0.6) is 5.88 Å². The Balaban J connectivity index is 2.45. The topological polar surface area (TPSA) is 111 Å². The van der Waals surface area contributed by atoms with E-state index in [1.165, 1.54) is 0 Å². The van der Waals surface area contributed by atoms with Crippen LogP contribution in [0, 0.1) is 6.92 Å². The molecule has 18 heavy (non-hydrogen) atoms. The summed E-state index contributed by atoms with van der Waals surface area (Å²) in [5, 5.41) is 9.43. The zero-order valence-electron chi connectivity index (χ0n) is 9.47. The standard InChI is InChI=1S/C11H10N4O3/c1-6-3-2-4-12-8(6)13-5-7-9(16)14-11(18)15-10(7)17/h2-5H,1H3,(H3,14,15,16,17,18)/b13-5+. The number of H-pyrrole nitrogens is 2. The maximum absolute atomic E-state index is 11.4. The molecule has 7 heteroatoms. The van der Waals surface area contributed by atoms with E-state index in [4.69, 9.17) is 0 Å². The van der Waals surface area contributed by atoms with Crippen molar-refractivity contribution in [3.8, 4) is 5.88 Å². The van der Waals surface area contributed by atoms with E-state index in [2.05, 4.69) is 15.0 Å². The number of hydrogen-bond donors (Lipinski definition) is 3. The Labute approximate surface area is 101 Å². The first kappa shape index (κ1) is 11.8. The van der Waals surface area contributed by atoms with Gasteiger partial charge in [0.15, 0.2) is 5.82 Å². The van der Waals surface area contributed by atoms with E-state index in [9.17, 15) is 14.7 Å². The molecule has 92 valence electrons. The van der Waals surface area contributed by atoms with Gasteiger partial charge in [-0.15, -0.1) is 0 Å². The van der Waals surface area contributed by atoms with Gasteiger partial charge >= 0.3 is 5.69 Å². The van der Waals surface area contributed by atoms with Gasteiger partial charge in [0.1, 0.15) is 5.56 Å². The number of aryl methyl sites for hydroxylation is 1. The molecule has 0 bridgehead atoms. The Morgan fingerprint density at radius 1 is 1.39 bits per heavy atom. The third-order valence-electron chi connectivity index (χ3n) is 2.26.